The van der Waals surface area contributed by atoms with Crippen molar-refractivity contribution in [2.75, 3.05) is 32.1 Å². The smallest absolute Gasteiger partial charge is 0.312 e. The molecule has 0 saturated carbocycles. The van der Waals surface area contributed by atoms with Crippen LogP contribution in [0.2, 0.25) is 0 Å². The Bertz CT molecular complexity index is 954. The largest absolute Gasteiger partial charge is 0.490 e. The Kier molecular flexibility index (Phi) is 7.42. The van der Waals surface area contributed by atoms with E-state index in [2.05, 4.69) is 5.32 Å². The summed E-state index contributed by atoms with van der Waals surface area (Å²) < 4.78 is 10.6. The maximum atomic E-state index is 12.8. The molecule has 9 nitrogen and oxygen atoms in total. The first-order chi connectivity index (χ1) is 15.0. The fraction of sp³-hybridized carbons (Fsp3) is 0.364. The Morgan fingerprint density at radius 2 is 1.77 bits per heavy atom. The van der Waals surface area contributed by atoms with Crippen molar-refractivity contribution >= 4 is 23.2 Å². The number of carbonyl (C=O) groups excluding carboxylic acids is 2. The van der Waals surface area contributed by atoms with Crippen molar-refractivity contribution in [3.8, 4) is 11.5 Å². The molecule has 1 aliphatic heterocycles. The molecule has 31 heavy (non-hydrogen) atoms. The lowest BCUT2D eigenvalue weighted by Gasteiger charge is -2.20. The molecule has 9 heteroatoms. The lowest BCUT2D eigenvalue weighted by molar-refractivity contribution is -0.385. The molecular weight excluding hydrogens is 402 g/mol. The average Bonchev–Trinajstić information content (AvgIpc) is 3.07. The number of carbonyl (C=O) groups is 2. The number of amides is 2. The van der Waals surface area contributed by atoms with Crippen LogP contribution >= 0.6 is 0 Å². The van der Waals surface area contributed by atoms with Crippen LogP contribution < -0.4 is 14.8 Å². The second kappa shape index (κ2) is 10.4. The fourth-order valence-electron chi connectivity index (χ4n) is 3.44. The number of hydrogen-bond acceptors (Lipinski definition) is 6. The molecular formula is C22H25N3O6. The van der Waals surface area contributed by atoms with E-state index < -0.39 is 10.8 Å². The molecule has 1 aliphatic rings. The lowest BCUT2D eigenvalue weighted by Crippen LogP contribution is -2.35. The number of anilines is 1. The molecule has 2 amide bonds. The number of nitro groups is 1. The van der Waals surface area contributed by atoms with Crippen LogP contribution in [-0.2, 0) is 4.79 Å². The fourth-order valence-corrected chi connectivity index (χ4v) is 3.44. The van der Waals surface area contributed by atoms with E-state index in [-0.39, 0.29) is 41.0 Å². The number of methoxy groups -OCH3 is 1. The summed E-state index contributed by atoms with van der Waals surface area (Å²) in [5.41, 5.74) is 0.213. The molecule has 1 fully saturated rings. The molecule has 2 aromatic carbocycles. The Morgan fingerprint density at radius 3 is 2.45 bits per heavy atom. The Hall–Kier alpha value is -3.62. The summed E-state index contributed by atoms with van der Waals surface area (Å²) in [5, 5.41) is 13.8. The van der Waals surface area contributed by atoms with E-state index >= 15 is 0 Å². The van der Waals surface area contributed by atoms with Crippen LogP contribution in [0.3, 0.4) is 0 Å². The molecule has 0 spiro atoms. The predicted octanol–water partition coefficient (Wildman–Crippen LogP) is 3.64. The summed E-state index contributed by atoms with van der Waals surface area (Å²) >= 11 is 0. The molecule has 0 radical (unpaired) electrons. The van der Waals surface area contributed by atoms with E-state index in [4.69, 9.17) is 9.47 Å². The number of hydrogen-bond donors (Lipinski definition) is 1. The standard InChI is InChI=1S/C22H25N3O6/c1-30-20-11-10-16(14-18(20)25(28)29)23-22(27)17-8-4-5-9-19(17)31-15-21(26)24-12-6-2-3-7-13-24/h4-5,8-11,14H,2-3,6-7,12-13,15H2,1H3,(H,23,27). The van der Waals surface area contributed by atoms with Gasteiger partial charge in [0.15, 0.2) is 12.4 Å². The summed E-state index contributed by atoms with van der Waals surface area (Å²) in [7, 11) is 1.33. The van der Waals surface area contributed by atoms with E-state index in [1.807, 2.05) is 0 Å². The van der Waals surface area contributed by atoms with E-state index in [1.165, 1.54) is 25.3 Å². The van der Waals surface area contributed by atoms with Gasteiger partial charge < -0.3 is 19.7 Å². The van der Waals surface area contributed by atoms with E-state index in [0.717, 1.165) is 38.8 Å². The highest BCUT2D eigenvalue weighted by Gasteiger charge is 2.20. The van der Waals surface area contributed by atoms with E-state index in [0.29, 0.717) is 0 Å². The minimum atomic E-state index is -0.583. The molecule has 0 unspecified atom stereocenters. The van der Waals surface area contributed by atoms with Gasteiger partial charge in [-0.1, -0.05) is 25.0 Å². The number of benzene rings is 2. The number of ether oxygens (including phenoxy) is 2. The number of nitro benzene ring substituents is 1. The van der Waals surface area contributed by atoms with Gasteiger partial charge >= 0.3 is 5.69 Å². The number of rotatable bonds is 7. The highest BCUT2D eigenvalue weighted by atomic mass is 16.6. The van der Waals surface area contributed by atoms with Crippen LogP contribution in [0.5, 0.6) is 11.5 Å². The van der Waals surface area contributed by atoms with Crippen molar-refractivity contribution in [2.24, 2.45) is 0 Å². The SMILES string of the molecule is COc1ccc(NC(=O)c2ccccc2OCC(=O)N2CCCCCC2)cc1[N+](=O)[O-]. The maximum Gasteiger partial charge on any atom is 0.312 e. The van der Waals surface area contributed by atoms with Crippen LogP contribution in [-0.4, -0.2) is 48.4 Å². The summed E-state index contributed by atoms with van der Waals surface area (Å²) in [6.45, 7) is 1.29. The molecule has 1 saturated heterocycles. The molecule has 0 aromatic heterocycles. The van der Waals surface area contributed by atoms with Gasteiger partial charge in [0.05, 0.1) is 17.6 Å². The van der Waals surface area contributed by atoms with E-state index in [9.17, 15) is 19.7 Å². The summed E-state index contributed by atoms with van der Waals surface area (Å²) in [4.78, 5) is 37.7. The van der Waals surface area contributed by atoms with Gasteiger partial charge in [-0.2, -0.15) is 0 Å². The summed E-state index contributed by atoms with van der Waals surface area (Å²) in [6.07, 6.45) is 4.21. The van der Waals surface area contributed by atoms with Gasteiger partial charge in [0.1, 0.15) is 5.75 Å². The minimum Gasteiger partial charge on any atom is -0.490 e. The highest BCUT2D eigenvalue weighted by Crippen LogP contribution is 2.30. The molecule has 3 rings (SSSR count). The van der Waals surface area contributed by atoms with Gasteiger partial charge in [-0.25, -0.2) is 0 Å². The first-order valence-electron chi connectivity index (χ1n) is 10.1. The molecule has 1 heterocycles. The molecule has 2 aromatic rings. The predicted molar refractivity (Wildman–Crippen MR) is 115 cm³/mol. The third kappa shape index (κ3) is 5.71. The second-order valence-corrected chi connectivity index (χ2v) is 7.18. The van der Waals surface area contributed by atoms with Crippen LogP contribution in [0.4, 0.5) is 11.4 Å². The maximum absolute atomic E-state index is 12.8. The Labute approximate surface area is 180 Å². The van der Waals surface area contributed by atoms with Gasteiger partial charge in [-0.05, 0) is 37.1 Å². The van der Waals surface area contributed by atoms with Crippen LogP contribution in [0.15, 0.2) is 42.5 Å². The van der Waals surface area contributed by atoms with Crippen molar-refractivity contribution in [1.82, 2.24) is 4.90 Å². The van der Waals surface area contributed by atoms with Crippen molar-refractivity contribution in [3.05, 3.63) is 58.1 Å². The molecule has 164 valence electrons. The zero-order chi connectivity index (χ0) is 22.2. The first kappa shape index (κ1) is 22.1. The van der Waals surface area contributed by atoms with Crippen molar-refractivity contribution < 1.29 is 24.0 Å². The first-order valence-corrected chi connectivity index (χ1v) is 10.1. The third-order valence-electron chi connectivity index (χ3n) is 5.08. The Balaban J connectivity index is 1.69. The molecule has 1 N–H and O–H groups in total. The quantitative estimate of drug-likeness (QED) is 0.533. The zero-order valence-electron chi connectivity index (χ0n) is 17.3. The topological polar surface area (TPSA) is 111 Å². The molecule has 0 bridgehead atoms. The van der Waals surface area contributed by atoms with Gasteiger partial charge in [0.25, 0.3) is 11.8 Å². The van der Waals surface area contributed by atoms with Gasteiger partial charge in [0.2, 0.25) is 0 Å². The van der Waals surface area contributed by atoms with Gasteiger partial charge in [-0.15, -0.1) is 0 Å². The van der Waals surface area contributed by atoms with Crippen molar-refractivity contribution in [2.45, 2.75) is 25.7 Å². The lowest BCUT2D eigenvalue weighted by atomic mass is 10.1. The van der Waals surface area contributed by atoms with E-state index in [1.54, 1.807) is 29.2 Å². The second-order valence-electron chi connectivity index (χ2n) is 7.18. The van der Waals surface area contributed by atoms with Gasteiger partial charge in [0, 0.05) is 24.8 Å². The van der Waals surface area contributed by atoms with Crippen LogP contribution in [0.1, 0.15) is 36.0 Å². The van der Waals surface area contributed by atoms with Crippen LogP contribution in [0.25, 0.3) is 0 Å². The number of nitrogens with one attached hydrogen (secondary N) is 1. The number of nitrogens with zero attached hydrogens (tertiary/aromatic N) is 2. The molecule has 0 aliphatic carbocycles. The number of para-hydroxylation sites is 1. The normalized spacial score (nSPS) is 13.8. The molecule has 0 atom stereocenters. The zero-order valence-corrected chi connectivity index (χ0v) is 17.3. The highest BCUT2D eigenvalue weighted by molar-refractivity contribution is 6.06. The average molecular weight is 427 g/mol. The van der Waals surface area contributed by atoms with Crippen LogP contribution in [0, 0.1) is 10.1 Å². The Morgan fingerprint density at radius 1 is 1.06 bits per heavy atom. The van der Waals surface area contributed by atoms with Crippen molar-refractivity contribution in [3.63, 3.8) is 0 Å². The minimum absolute atomic E-state index is 0.0961. The monoisotopic (exact) mass is 427 g/mol. The number of likely N-dealkylation sites (tertiary alicyclic amines) is 1. The van der Waals surface area contributed by atoms with Gasteiger partial charge in [-0.3, -0.25) is 19.7 Å². The third-order valence-corrected chi connectivity index (χ3v) is 5.08. The summed E-state index contributed by atoms with van der Waals surface area (Å²) in [5.74, 6) is -0.245. The van der Waals surface area contributed by atoms with Crippen molar-refractivity contribution in [1.29, 1.82) is 0 Å². The summed E-state index contributed by atoms with van der Waals surface area (Å²) in [6, 6.07) is 10.7.